The zero-order valence-corrected chi connectivity index (χ0v) is 12.1. The highest BCUT2D eigenvalue weighted by molar-refractivity contribution is 7.97. The fourth-order valence-electron chi connectivity index (χ4n) is 2.18. The quantitative estimate of drug-likeness (QED) is 0.711. The van der Waals surface area contributed by atoms with E-state index in [1.165, 1.54) is 6.07 Å². The van der Waals surface area contributed by atoms with Crippen molar-refractivity contribution in [1.29, 1.82) is 0 Å². The van der Waals surface area contributed by atoms with Crippen molar-refractivity contribution in [3.63, 3.8) is 0 Å². The van der Waals surface area contributed by atoms with Crippen LogP contribution in [0, 0.1) is 0 Å². The van der Waals surface area contributed by atoms with Crippen LogP contribution in [-0.2, 0) is 10.9 Å². The van der Waals surface area contributed by atoms with Crippen molar-refractivity contribution in [3.05, 3.63) is 78.9 Å². The molecule has 2 N–H and O–H groups in total. The molecule has 0 bridgehead atoms. The Morgan fingerprint density at radius 1 is 0.619 bits per heavy atom. The summed E-state index contributed by atoms with van der Waals surface area (Å²) >= 11 is 0. The van der Waals surface area contributed by atoms with E-state index < -0.39 is 10.9 Å². The van der Waals surface area contributed by atoms with Crippen molar-refractivity contribution in [3.8, 4) is 11.5 Å². The van der Waals surface area contributed by atoms with E-state index in [-0.39, 0.29) is 11.5 Å². The average Bonchev–Trinajstić information content (AvgIpc) is 2.52. The topological polar surface area (TPSA) is 40.5 Å². The van der Waals surface area contributed by atoms with Gasteiger partial charge < -0.3 is 10.2 Å². The number of phenols is 2. The molecule has 0 aliphatic rings. The Labute approximate surface area is 126 Å². The summed E-state index contributed by atoms with van der Waals surface area (Å²) in [7, 11) is -0.396. The Balaban J connectivity index is 2.17. The van der Waals surface area contributed by atoms with E-state index in [0.29, 0.717) is 0 Å². The lowest BCUT2D eigenvalue weighted by Crippen LogP contribution is -2.04. The van der Waals surface area contributed by atoms with Gasteiger partial charge >= 0.3 is 0 Å². The number of aromatic hydroxyl groups is 2. The summed E-state index contributed by atoms with van der Waals surface area (Å²) in [5.74, 6) is 0.187. The van der Waals surface area contributed by atoms with Crippen LogP contribution < -0.4 is 0 Å². The molecule has 0 aromatic heterocycles. The monoisotopic (exact) mass is 295 g/mol. The molecule has 0 spiro atoms. The third-order valence-corrected chi connectivity index (χ3v) is 5.39. The number of phenolic OH excluding ortho intramolecular Hbond substituents is 2. The van der Waals surface area contributed by atoms with Gasteiger partial charge in [0, 0.05) is 12.1 Å². The van der Waals surface area contributed by atoms with E-state index >= 15 is 0 Å². The van der Waals surface area contributed by atoms with E-state index in [9.17, 15) is 10.2 Å². The standard InChI is InChI=1S/C18H14O2S/c19-14-11-12-18(17(20)13-14)21(15-7-3-1-4-8-15)16-9-5-2-6-10-16/h1-13H,(H-,19,20)/p+1. The zero-order chi connectivity index (χ0) is 14.7. The molecule has 3 heteroatoms. The van der Waals surface area contributed by atoms with E-state index in [0.717, 1.165) is 14.7 Å². The SMILES string of the molecule is Oc1ccc([S+](c2ccccc2)c2ccccc2)c(O)c1. The van der Waals surface area contributed by atoms with E-state index in [2.05, 4.69) is 24.3 Å². The summed E-state index contributed by atoms with van der Waals surface area (Å²) in [5.41, 5.74) is 0. The first-order valence-electron chi connectivity index (χ1n) is 6.62. The summed E-state index contributed by atoms with van der Waals surface area (Å²) in [4.78, 5) is 3.07. The molecule has 0 saturated carbocycles. The normalized spacial score (nSPS) is 10.7. The van der Waals surface area contributed by atoms with Gasteiger partial charge in [0.25, 0.3) is 0 Å². The molecule has 104 valence electrons. The predicted octanol–water partition coefficient (Wildman–Crippen LogP) is 4.19. The lowest BCUT2D eigenvalue weighted by Gasteiger charge is -2.09. The van der Waals surface area contributed by atoms with Gasteiger partial charge in [-0.15, -0.1) is 0 Å². The second-order valence-corrected chi connectivity index (χ2v) is 6.58. The van der Waals surface area contributed by atoms with Crippen LogP contribution in [0.2, 0.25) is 0 Å². The minimum absolute atomic E-state index is 0.0703. The van der Waals surface area contributed by atoms with Gasteiger partial charge in [0.05, 0.1) is 0 Å². The maximum Gasteiger partial charge on any atom is 0.208 e. The van der Waals surface area contributed by atoms with E-state index in [1.54, 1.807) is 12.1 Å². The van der Waals surface area contributed by atoms with E-state index in [4.69, 9.17) is 0 Å². The minimum Gasteiger partial charge on any atom is -0.508 e. The molecule has 0 aliphatic carbocycles. The van der Waals surface area contributed by atoms with Gasteiger partial charge in [-0.2, -0.15) is 0 Å². The summed E-state index contributed by atoms with van der Waals surface area (Å²) in [6, 6.07) is 25.0. The van der Waals surface area contributed by atoms with Crippen molar-refractivity contribution in [2.75, 3.05) is 0 Å². The van der Waals surface area contributed by atoms with Gasteiger partial charge in [-0.25, -0.2) is 0 Å². The van der Waals surface area contributed by atoms with Crippen LogP contribution in [0.1, 0.15) is 0 Å². The Kier molecular flexibility index (Phi) is 3.84. The predicted molar refractivity (Wildman–Crippen MR) is 84.8 cm³/mol. The number of benzene rings is 3. The highest BCUT2D eigenvalue weighted by Crippen LogP contribution is 2.37. The van der Waals surface area contributed by atoms with Crippen molar-refractivity contribution in [2.24, 2.45) is 0 Å². The first-order valence-corrected chi connectivity index (χ1v) is 7.84. The Bertz CT molecular complexity index is 687. The van der Waals surface area contributed by atoms with Crippen LogP contribution in [-0.4, -0.2) is 10.2 Å². The van der Waals surface area contributed by atoms with Crippen molar-refractivity contribution in [1.82, 2.24) is 0 Å². The first kappa shape index (κ1) is 13.6. The molecule has 21 heavy (non-hydrogen) atoms. The molecule has 0 atom stereocenters. The number of rotatable bonds is 3. The van der Waals surface area contributed by atoms with Gasteiger partial charge in [-0.05, 0) is 30.3 Å². The van der Waals surface area contributed by atoms with Crippen LogP contribution in [0.5, 0.6) is 11.5 Å². The van der Waals surface area contributed by atoms with Crippen molar-refractivity contribution in [2.45, 2.75) is 14.7 Å². The second kappa shape index (κ2) is 5.94. The molecule has 0 heterocycles. The zero-order valence-electron chi connectivity index (χ0n) is 11.3. The second-order valence-electron chi connectivity index (χ2n) is 4.58. The molecular weight excluding hydrogens is 280 g/mol. The molecule has 0 unspecified atom stereocenters. The third kappa shape index (κ3) is 2.88. The summed E-state index contributed by atoms with van der Waals surface area (Å²) < 4.78 is 0. The molecule has 0 saturated heterocycles. The largest absolute Gasteiger partial charge is 0.508 e. The first-order chi connectivity index (χ1) is 10.3. The Morgan fingerprint density at radius 3 is 1.62 bits per heavy atom. The summed E-state index contributed by atoms with van der Waals surface area (Å²) in [6.07, 6.45) is 0. The highest BCUT2D eigenvalue weighted by Gasteiger charge is 2.31. The van der Waals surface area contributed by atoms with Gasteiger partial charge in [0.2, 0.25) is 4.90 Å². The lowest BCUT2D eigenvalue weighted by molar-refractivity contribution is 0.441. The maximum absolute atomic E-state index is 10.2. The van der Waals surface area contributed by atoms with Crippen LogP contribution in [0.25, 0.3) is 0 Å². The van der Waals surface area contributed by atoms with Crippen molar-refractivity contribution < 1.29 is 10.2 Å². The van der Waals surface area contributed by atoms with Crippen LogP contribution in [0.15, 0.2) is 93.5 Å². The van der Waals surface area contributed by atoms with Gasteiger partial charge in [-0.1, -0.05) is 36.4 Å². The molecule has 2 nitrogen and oxygen atoms in total. The van der Waals surface area contributed by atoms with Crippen molar-refractivity contribution >= 4 is 10.9 Å². The minimum atomic E-state index is -0.396. The van der Waals surface area contributed by atoms with Gasteiger partial charge in [0.1, 0.15) is 16.6 Å². The smallest absolute Gasteiger partial charge is 0.208 e. The fraction of sp³-hybridized carbons (Fsp3) is 0. The molecule has 0 amide bonds. The third-order valence-electron chi connectivity index (χ3n) is 3.12. The molecule has 3 aromatic rings. The molecule has 3 rings (SSSR count). The van der Waals surface area contributed by atoms with Gasteiger partial charge in [0.15, 0.2) is 15.5 Å². The fourth-order valence-corrected chi connectivity index (χ4v) is 4.29. The molecular formula is C18H15O2S+. The Morgan fingerprint density at radius 2 is 1.14 bits per heavy atom. The maximum atomic E-state index is 10.2. The van der Waals surface area contributed by atoms with Crippen LogP contribution in [0.3, 0.4) is 0 Å². The highest BCUT2D eigenvalue weighted by atomic mass is 32.2. The summed E-state index contributed by atoms with van der Waals surface area (Å²) in [5, 5.41) is 19.7. The van der Waals surface area contributed by atoms with Gasteiger partial charge in [-0.3, -0.25) is 0 Å². The summed E-state index contributed by atoms with van der Waals surface area (Å²) in [6.45, 7) is 0. The number of hydrogen-bond donors (Lipinski definition) is 2. The van der Waals surface area contributed by atoms with E-state index in [1.807, 2.05) is 36.4 Å². The average molecular weight is 295 g/mol. The molecule has 0 fully saturated rings. The lowest BCUT2D eigenvalue weighted by atomic mass is 10.3. The molecule has 0 aliphatic heterocycles. The van der Waals surface area contributed by atoms with Crippen LogP contribution in [0.4, 0.5) is 0 Å². The number of hydrogen-bond acceptors (Lipinski definition) is 2. The molecule has 0 radical (unpaired) electrons. The molecule has 3 aromatic carbocycles. The Hall–Kier alpha value is -2.39. The van der Waals surface area contributed by atoms with Crippen LogP contribution >= 0.6 is 0 Å².